The van der Waals surface area contributed by atoms with Crippen LogP contribution in [0.15, 0.2) is 71.1 Å². The van der Waals surface area contributed by atoms with Crippen molar-refractivity contribution in [2.75, 3.05) is 20.3 Å². The Hall–Kier alpha value is -3.60. The smallest absolute Gasteiger partial charge is 0.416 e. The van der Waals surface area contributed by atoms with E-state index in [-0.39, 0.29) is 55.4 Å². The van der Waals surface area contributed by atoms with Gasteiger partial charge in [0.1, 0.15) is 12.2 Å². The number of alkyl halides is 3. The van der Waals surface area contributed by atoms with Gasteiger partial charge in [0.25, 0.3) is 5.91 Å². The topological polar surface area (TPSA) is 142 Å². The predicted octanol–water partition coefficient (Wildman–Crippen LogP) is 3.66. The number of nitrogens with one attached hydrogen (secondary N) is 1. The zero-order valence-electron chi connectivity index (χ0n) is 23.4. The highest BCUT2D eigenvalue weighted by molar-refractivity contribution is 14.1. The number of amides is 2. The SMILES string of the molecule is COc1cc(CO)cc(I)c1O[C@H]1C=C(C(=O)NCCO)C[C@@H](N(Cc2ccoc2)C(=O)c2ccc(C(F)(F)F)cc2)[C@@H]1O. The van der Waals surface area contributed by atoms with Crippen LogP contribution in [0.5, 0.6) is 11.5 Å². The minimum absolute atomic E-state index is 0.0491. The molecular formula is C30H30F3IN2O8. The van der Waals surface area contributed by atoms with Crippen LogP contribution in [0.2, 0.25) is 0 Å². The number of hydrogen-bond acceptors (Lipinski definition) is 8. The molecule has 0 radical (unpaired) electrons. The zero-order chi connectivity index (χ0) is 32.0. The summed E-state index contributed by atoms with van der Waals surface area (Å²) in [5, 5.41) is 33.1. The highest BCUT2D eigenvalue weighted by atomic mass is 127. The van der Waals surface area contributed by atoms with Crippen molar-refractivity contribution in [3.05, 3.63) is 92.5 Å². The predicted molar refractivity (Wildman–Crippen MR) is 159 cm³/mol. The number of carbonyl (C=O) groups is 2. The van der Waals surface area contributed by atoms with E-state index in [0.29, 0.717) is 14.7 Å². The van der Waals surface area contributed by atoms with E-state index < -0.39 is 41.8 Å². The molecule has 2 amide bonds. The van der Waals surface area contributed by atoms with E-state index in [0.717, 1.165) is 24.3 Å². The summed E-state index contributed by atoms with van der Waals surface area (Å²) in [6.45, 7) is -0.740. The molecule has 1 aromatic heterocycles. The first-order chi connectivity index (χ1) is 21.0. The van der Waals surface area contributed by atoms with Crippen LogP contribution in [0.1, 0.15) is 33.5 Å². The zero-order valence-corrected chi connectivity index (χ0v) is 25.5. The summed E-state index contributed by atoms with van der Waals surface area (Å²) in [7, 11) is 1.40. The van der Waals surface area contributed by atoms with Crippen molar-refractivity contribution in [3.8, 4) is 11.5 Å². The van der Waals surface area contributed by atoms with Gasteiger partial charge in [0.15, 0.2) is 11.5 Å². The van der Waals surface area contributed by atoms with Crippen LogP contribution < -0.4 is 14.8 Å². The van der Waals surface area contributed by atoms with Crippen molar-refractivity contribution in [3.63, 3.8) is 0 Å². The van der Waals surface area contributed by atoms with Crippen LogP contribution in [0, 0.1) is 3.57 Å². The summed E-state index contributed by atoms with van der Waals surface area (Å²) in [5.41, 5.74) is 0.239. The molecule has 0 saturated heterocycles. The maximum atomic E-state index is 13.9. The molecule has 10 nitrogen and oxygen atoms in total. The summed E-state index contributed by atoms with van der Waals surface area (Å²) < 4.78 is 56.9. The lowest BCUT2D eigenvalue weighted by Gasteiger charge is -2.40. The van der Waals surface area contributed by atoms with E-state index in [1.807, 2.05) is 22.6 Å². The molecule has 2 aromatic carbocycles. The molecule has 44 heavy (non-hydrogen) atoms. The molecule has 3 aromatic rings. The van der Waals surface area contributed by atoms with Gasteiger partial charge in [-0.2, -0.15) is 13.2 Å². The molecule has 0 bridgehead atoms. The van der Waals surface area contributed by atoms with Gasteiger partial charge >= 0.3 is 6.18 Å². The second kappa shape index (κ2) is 14.5. The van der Waals surface area contributed by atoms with Crippen LogP contribution in [0.4, 0.5) is 13.2 Å². The highest BCUT2D eigenvalue weighted by Gasteiger charge is 2.41. The molecule has 4 rings (SSSR count). The van der Waals surface area contributed by atoms with E-state index in [1.165, 1.54) is 30.6 Å². The number of benzene rings is 2. The molecule has 1 heterocycles. The number of carbonyl (C=O) groups excluding carboxylic acids is 2. The van der Waals surface area contributed by atoms with Gasteiger partial charge in [0.2, 0.25) is 5.91 Å². The van der Waals surface area contributed by atoms with Crippen molar-refractivity contribution in [2.24, 2.45) is 0 Å². The number of rotatable bonds is 11. The number of aliphatic hydroxyl groups is 3. The number of halogens is 4. The monoisotopic (exact) mass is 730 g/mol. The molecule has 1 aliphatic rings. The van der Waals surface area contributed by atoms with Crippen molar-refractivity contribution >= 4 is 34.4 Å². The van der Waals surface area contributed by atoms with Crippen molar-refractivity contribution in [1.82, 2.24) is 10.2 Å². The first-order valence-electron chi connectivity index (χ1n) is 13.4. The second-order valence-corrected chi connectivity index (χ2v) is 11.1. The van der Waals surface area contributed by atoms with Gasteiger partial charge in [-0.3, -0.25) is 9.59 Å². The third-order valence-electron chi connectivity index (χ3n) is 6.99. The van der Waals surface area contributed by atoms with Gasteiger partial charge in [0.05, 0.1) is 48.0 Å². The fourth-order valence-corrected chi connectivity index (χ4v) is 5.57. The molecule has 14 heteroatoms. The maximum Gasteiger partial charge on any atom is 0.416 e. The van der Waals surface area contributed by atoms with E-state index >= 15 is 0 Å². The lowest BCUT2D eigenvalue weighted by molar-refractivity contribution is -0.137. The van der Waals surface area contributed by atoms with Gasteiger partial charge in [-0.1, -0.05) is 0 Å². The number of ether oxygens (including phenoxy) is 2. The third kappa shape index (κ3) is 7.72. The average molecular weight is 730 g/mol. The Balaban J connectivity index is 1.75. The molecule has 4 N–H and O–H groups in total. The summed E-state index contributed by atoms with van der Waals surface area (Å²) in [5.74, 6) is -0.783. The summed E-state index contributed by atoms with van der Waals surface area (Å²) in [6, 6.07) is 7.41. The fourth-order valence-electron chi connectivity index (χ4n) is 4.78. The van der Waals surface area contributed by atoms with E-state index in [2.05, 4.69) is 5.32 Å². The lowest BCUT2D eigenvalue weighted by atomic mass is 9.87. The van der Waals surface area contributed by atoms with Crippen LogP contribution in [0.3, 0.4) is 0 Å². The summed E-state index contributed by atoms with van der Waals surface area (Å²) in [4.78, 5) is 28.2. The molecular weight excluding hydrogens is 700 g/mol. The Bertz CT molecular complexity index is 1480. The minimum Gasteiger partial charge on any atom is -0.493 e. The third-order valence-corrected chi connectivity index (χ3v) is 7.79. The van der Waals surface area contributed by atoms with Crippen molar-refractivity contribution < 1.29 is 52.0 Å². The number of furan rings is 1. The first-order valence-corrected chi connectivity index (χ1v) is 14.5. The van der Waals surface area contributed by atoms with Crippen LogP contribution >= 0.6 is 22.6 Å². The van der Waals surface area contributed by atoms with Crippen LogP contribution in [-0.2, 0) is 24.1 Å². The molecule has 236 valence electrons. The quantitative estimate of drug-likeness (QED) is 0.219. The first kappa shape index (κ1) is 33.3. The van der Waals surface area contributed by atoms with E-state index in [4.69, 9.17) is 13.9 Å². The highest BCUT2D eigenvalue weighted by Crippen LogP contribution is 2.38. The molecule has 0 fully saturated rings. The Morgan fingerprint density at radius 1 is 1.14 bits per heavy atom. The Morgan fingerprint density at radius 2 is 1.86 bits per heavy atom. The van der Waals surface area contributed by atoms with E-state index in [1.54, 1.807) is 18.2 Å². The number of aliphatic hydroxyl groups excluding tert-OH is 3. The van der Waals surface area contributed by atoms with Gasteiger partial charge < -0.3 is 39.4 Å². The summed E-state index contributed by atoms with van der Waals surface area (Å²) >= 11 is 1.98. The van der Waals surface area contributed by atoms with Crippen molar-refractivity contribution in [1.29, 1.82) is 0 Å². The van der Waals surface area contributed by atoms with Gasteiger partial charge in [-0.25, -0.2) is 0 Å². The molecule has 0 unspecified atom stereocenters. The van der Waals surface area contributed by atoms with Crippen LogP contribution in [-0.4, -0.2) is 70.5 Å². The number of hydrogen-bond donors (Lipinski definition) is 4. The number of nitrogens with zero attached hydrogens (tertiary/aromatic N) is 1. The standard InChI is InChI=1S/C30H30F3IN2O8/c1-42-25-11-18(15-38)10-22(34)27(25)44-24-13-20(28(40)35-7-8-37)12-23(26(24)39)36(14-17-6-9-43-16-17)29(41)19-2-4-21(5-3-19)30(31,32)33/h2-6,9-11,13,16,23-24,26,37-39H,7-8,12,14-15H2,1H3,(H,35,40)/t23-,24+,26+/m1/s1. The molecule has 1 aliphatic carbocycles. The summed E-state index contributed by atoms with van der Waals surface area (Å²) in [6.07, 6.45) is -3.17. The maximum absolute atomic E-state index is 13.9. The molecule has 0 spiro atoms. The largest absolute Gasteiger partial charge is 0.493 e. The molecule has 0 aliphatic heterocycles. The molecule has 0 saturated carbocycles. The average Bonchev–Trinajstić information content (AvgIpc) is 3.53. The Kier molecular flexibility index (Phi) is 10.9. The number of methoxy groups -OCH3 is 1. The van der Waals surface area contributed by atoms with Gasteiger partial charge in [-0.05, 0) is 76.7 Å². The van der Waals surface area contributed by atoms with Gasteiger partial charge in [-0.15, -0.1) is 0 Å². The molecule has 3 atom stereocenters. The second-order valence-electron chi connectivity index (χ2n) is 9.92. The lowest BCUT2D eigenvalue weighted by Crippen LogP contribution is -2.54. The Morgan fingerprint density at radius 3 is 2.45 bits per heavy atom. The van der Waals surface area contributed by atoms with Crippen LogP contribution in [0.25, 0.3) is 0 Å². The van der Waals surface area contributed by atoms with Gasteiger partial charge in [0, 0.05) is 36.2 Å². The minimum atomic E-state index is -4.60. The normalized spacial score (nSPS) is 18.4. The van der Waals surface area contributed by atoms with E-state index in [9.17, 15) is 38.1 Å². The van der Waals surface area contributed by atoms with Crippen molar-refractivity contribution in [2.45, 2.75) is 44.0 Å². The Labute approximate surface area is 264 Å². The fraction of sp³-hybridized carbons (Fsp3) is 0.333.